The Morgan fingerprint density at radius 3 is 2.39 bits per heavy atom. The van der Waals surface area contributed by atoms with Crippen LogP contribution in [0.1, 0.15) is 0 Å². The third-order valence-electron chi connectivity index (χ3n) is 3.08. The fourth-order valence-electron chi connectivity index (χ4n) is 1.94. The number of nitrogens with zero attached hydrogens (tertiary/aromatic N) is 1. The lowest BCUT2D eigenvalue weighted by Gasteiger charge is -2.25. The molecule has 0 radical (unpaired) electrons. The Bertz CT molecular complexity index is 804. The Labute approximate surface area is 134 Å². The van der Waals surface area contributed by atoms with Crippen LogP contribution in [-0.2, 0) is 14.9 Å². The molecule has 0 aromatic heterocycles. The first-order valence-corrected chi connectivity index (χ1v) is 8.11. The van der Waals surface area contributed by atoms with Crippen LogP contribution in [-0.4, -0.2) is 35.5 Å². The zero-order chi connectivity index (χ0) is 16.9. The van der Waals surface area contributed by atoms with Gasteiger partial charge in [-0.25, -0.2) is 4.79 Å². The number of allylic oxidation sites excluding steroid dienone is 3. The van der Waals surface area contributed by atoms with Gasteiger partial charge in [0.1, 0.15) is 0 Å². The number of aliphatic carboxylic acids is 1. The summed E-state index contributed by atoms with van der Waals surface area (Å²) in [5.74, 6) is -0.866. The fraction of sp³-hybridized carbons (Fsp3) is 0.0625. The number of carboxylic acids is 1. The predicted octanol–water partition coefficient (Wildman–Crippen LogP) is 2.21. The normalized spacial score (nSPS) is 15.8. The molecule has 0 amide bonds. The van der Waals surface area contributed by atoms with Gasteiger partial charge in [0.2, 0.25) is 0 Å². The minimum Gasteiger partial charge on any atom is -0.478 e. The van der Waals surface area contributed by atoms with E-state index in [9.17, 15) is 13.2 Å². The Hall–Kier alpha value is -2.64. The predicted molar refractivity (Wildman–Crippen MR) is 85.0 cm³/mol. The Balaban J connectivity index is 0.000000174. The molecule has 1 aromatic carbocycles. The number of fused-ring (bicyclic) bond motifs is 1. The number of carboxylic acid groups (broad SMARTS) is 1. The van der Waals surface area contributed by atoms with Gasteiger partial charge >= 0.3 is 5.97 Å². The monoisotopic (exact) mass is 333 g/mol. The van der Waals surface area contributed by atoms with Gasteiger partial charge in [0, 0.05) is 18.4 Å². The van der Waals surface area contributed by atoms with Gasteiger partial charge in [-0.1, -0.05) is 30.4 Å². The molecule has 120 valence electrons. The van der Waals surface area contributed by atoms with E-state index in [1.807, 2.05) is 29.3 Å². The fourth-order valence-corrected chi connectivity index (χ4v) is 2.44. The highest BCUT2D eigenvalue weighted by atomic mass is 32.2. The zero-order valence-corrected chi connectivity index (χ0v) is 12.8. The summed E-state index contributed by atoms with van der Waals surface area (Å²) < 4.78 is 29.2. The molecule has 0 spiro atoms. The van der Waals surface area contributed by atoms with Crippen molar-refractivity contribution < 1.29 is 22.9 Å². The van der Waals surface area contributed by atoms with Crippen molar-refractivity contribution >= 4 is 16.1 Å². The number of carbonyl (C=O) groups is 1. The molecule has 7 heteroatoms. The van der Waals surface area contributed by atoms with E-state index >= 15 is 0 Å². The van der Waals surface area contributed by atoms with Crippen LogP contribution in [0.4, 0.5) is 0 Å². The summed E-state index contributed by atoms with van der Waals surface area (Å²) >= 11 is 0. The topological polar surface area (TPSA) is 94.9 Å². The summed E-state index contributed by atoms with van der Waals surface area (Å²) in [7, 11) is -4.00. The van der Waals surface area contributed by atoms with Crippen LogP contribution >= 0.6 is 0 Å². The summed E-state index contributed by atoms with van der Waals surface area (Å²) in [6.45, 7) is 0.633. The summed E-state index contributed by atoms with van der Waals surface area (Å²) in [4.78, 5) is 12.6. The van der Waals surface area contributed by atoms with Gasteiger partial charge in [0.25, 0.3) is 10.1 Å². The Kier molecular flexibility index (Phi) is 5.15. The standard InChI is InChI=1S/C10H9NO2.C6H6O3S/c12-10(13)8-4-6-11-5-2-1-3-9(11)7-8;7-10(8,9)6-4-2-1-3-5-6/h1-5,7H,6H2,(H,12,13);1-5H,(H,7,8,9). The highest BCUT2D eigenvalue weighted by Crippen LogP contribution is 2.19. The van der Waals surface area contributed by atoms with Crippen molar-refractivity contribution in [2.45, 2.75) is 4.90 Å². The van der Waals surface area contributed by atoms with Crippen molar-refractivity contribution in [2.24, 2.45) is 0 Å². The second-order valence-electron chi connectivity index (χ2n) is 4.67. The molecule has 0 saturated heterocycles. The number of rotatable bonds is 2. The van der Waals surface area contributed by atoms with Crippen molar-refractivity contribution in [2.75, 3.05) is 6.54 Å². The van der Waals surface area contributed by atoms with Crippen molar-refractivity contribution in [3.8, 4) is 0 Å². The highest BCUT2D eigenvalue weighted by Gasteiger charge is 2.14. The van der Waals surface area contributed by atoms with Gasteiger partial charge < -0.3 is 10.0 Å². The molecule has 2 N–H and O–H groups in total. The van der Waals surface area contributed by atoms with E-state index in [4.69, 9.17) is 9.66 Å². The molecular formula is C16H15NO5S. The summed E-state index contributed by atoms with van der Waals surface area (Å²) in [5.41, 5.74) is 1.30. The molecule has 0 aliphatic carbocycles. The maximum absolute atomic E-state index is 10.7. The van der Waals surface area contributed by atoms with Gasteiger partial charge in [0.15, 0.2) is 0 Å². The van der Waals surface area contributed by atoms with E-state index in [0.29, 0.717) is 12.1 Å². The number of hydrogen-bond acceptors (Lipinski definition) is 4. The molecule has 2 aliphatic heterocycles. The van der Waals surface area contributed by atoms with Gasteiger partial charge in [-0.2, -0.15) is 8.42 Å². The molecule has 2 heterocycles. The maximum Gasteiger partial charge on any atom is 0.335 e. The van der Waals surface area contributed by atoms with Crippen molar-refractivity contribution in [3.05, 3.63) is 78.2 Å². The van der Waals surface area contributed by atoms with Gasteiger partial charge in [0.05, 0.1) is 10.5 Å². The second kappa shape index (κ2) is 7.08. The molecule has 0 unspecified atom stereocenters. The third kappa shape index (κ3) is 4.67. The number of benzene rings is 1. The molecule has 0 bridgehead atoms. The SMILES string of the molecule is O=C(O)C1=CCN2C=CC=CC2=C1.O=S(=O)(O)c1ccccc1. The lowest BCUT2D eigenvalue weighted by atomic mass is 10.1. The quantitative estimate of drug-likeness (QED) is 0.806. The lowest BCUT2D eigenvalue weighted by molar-refractivity contribution is -0.132. The van der Waals surface area contributed by atoms with Gasteiger partial charge in [-0.3, -0.25) is 4.55 Å². The van der Waals surface area contributed by atoms with E-state index in [-0.39, 0.29) is 4.90 Å². The van der Waals surface area contributed by atoms with Crippen LogP contribution in [0.15, 0.2) is 83.1 Å². The van der Waals surface area contributed by atoms with E-state index in [2.05, 4.69) is 0 Å². The zero-order valence-electron chi connectivity index (χ0n) is 12.0. The molecule has 0 fully saturated rings. The smallest absolute Gasteiger partial charge is 0.335 e. The Morgan fingerprint density at radius 1 is 1.13 bits per heavy atom. The van der Waals surface area contributed by atoms with E-state index in [1.165, 1.54) is 12.1 Å². The maximum atomic E-state index is 10.7. The average Bonchev–Trinajstić information content (AvgIpc) is 2.55. The van der Waals surface area contributed by atoms with Crippen LogP contribution in [0, 0.1) is 0 Å². The van der Waals surface area contributed by atoms with Crippen molar-refractivity contribution in [3.63, 3.8) is 0 Å². The van der Waals surface area contributed by atoms with Gasteiger partial charge in [-0.15, -0.1) is 0 Å². The second-order valence-corrected chi connectivity index (χ2v) is 6.10. The first-order chi connectivity index (χ1) is 10.9. The summed E-state index contributed by atoms with van der Waals surface area (Å²) in [5, 5.41) is 8.76. The first-order valence-electron chi connectivity index (χ1n) is 6.67. The molecule has 6 nitrogen and oxygen atoms in total. The minimum atomic E-state index is -4.00. The number of hydrogen-bond donors (Lipinski definition) is 2. The van der Waals surface area contributed by atoms with Gasteiger partial charge in [-0.05, 0) is 30.4 Å². The molecule has 0 saturated carbocycles. The molecule has 23 heavy (non-hydrogen) atoms. The van der Waals surface area contributed by atoms with Crippen LogP contribution in [0.3, 0.4) is 0 Å². The van der Waals surface area contributed by atoms with Crippen molar-refractivity contribution in [1.29, 1.82) is 0 Å². The van der Waals surface area contributed by atoms with Crippen molar-refractivity contribution in [1.82, 2.24) is 4.90 Å². The van der Waals surface area contributed by atoms with Crippen LogP contribution in [0.5, 0.6) is 0 Å². The molecule has 1 aromatic rings. The van der Waals surface area contributed by atoms with E-state index in [1.54, 1.807) is 30.4 Å². The molecular weight excluding hydrogens is 318 g/mol. The molecule has 2 aliphatic rings. The largest absolute Gasteiger partial charge is 0.478 e. The van der Waals surface area contributed by atoms with E-state index in [0.717, 1.165) is 5.70 Å². The van der Waals surface area contributed by atoms with Crippen LogP contribution in [0.2, 0.25) is 0 Å². The molecule has 3 rings (SSSR count). The van der Waals surface area contributed by atoms with E-state index < -0.39 is 16.1 Å². The summed E-state index contributed by atoms with van der Waals surface area (Å²) in [6.07, 6.45) is 11.0. The van der Waals surface area contributed by atoms with Crippen LogP contribution in [0.25, 0.3) is 0 Å². The average molecular weight is 333 g/mol. The third-order valence-corrected chi connectivity index (χ3v) is 3.94. The minimum absolute atomic E-state index is 0.0741. The summed E-state index contributed by atoms with van der Waals surface area (Å²) in [6, 6.07) is 7.42. The Morgan fingerprint density at radius 2 is 1.83 bits per heavy atom. The lowest BCUT2D eigenvalue weighted by Crippen LogP contribution is -2.22. The highest BCUT2D eigenvalue weighted by molar-refractivity contribution is 7.85. The van der Waals surface area contributed by atoms with Crippen LogP contribution < -0.4 is 0 Å². The molecule has 0 atom stereocenters. The first kappa shape index (κ1) is 16.7.